The first kappa shape index (κ1) is 16.4. The molecular weight excluding hydrogens is 300 g/mol. The van der Waals surface area contributed by atoms with Gasteiger partial charge in [-0.2, -0.15) is 0 Å². The second kappa shape index (κ2) is 7.22. The van der Waals surface area contributed by atoms with E-state index in [1.54, 1.807) is 0 Å². The maximum absolute atomic E-state index is 4.14. The summed E-state index contributed by atoms with van der Waals surface area (Å²) in [6, 6.07) is 8.46. The van der Waals surface area contributed by atoms with Gasteiger partial charge in [-0.3, -0.25) is 4.90 Å². The molecule has 0 spiro atoms. The molecule has 0 aliphatic heterocycles. The van der Waals surface area contributed by atoms with Gasteiger partial charge in [0.05, 0.1) is 0 Å². The smallest absolute Gasteiger partial charge is 0.0234 e. The van der Waals surface area contributed by atoms with E-state index >= 15 is 0 Å². The molecule has 2 nitrogen and oxygen atoms in total. The van der Waals surface area contributed by atoms with Crippen LogP contribution in [0.5, 0.6) is 0 Å². The predicted octanol–water partition coefficient (Wildman–Crippen LogP) is 3.83. The zero-order chi connectivity index (χ0) is 14.5. The minimum Gasteiger partial charge on any atom is -0.308 e. The van der Waals surface area contributed by atoms with Gasteiger partial charge < -0.3 is 5.32 Å². The lowest BCUT2D eigenvalue weighted by Gasteiger charge is -2.23. The van der Waals surface area contributed by atoms with Crippen LogP contribution in [0.25, 0.3) is 0 Å². The van der Waals surface area contributed by atoms with Crippen molar-refractivity contribution in [3.05, 3.63) is 46.5 Å². The van der Waals surface area contributed by atoms with Gasteiger partial charge in [0.15, 0.2) is 0 Å². The van der Waals surface area contributed by atoms with Crippen LogP contribution >= 0.6 is 15.9 Å². The summed E-state index contributed by atoms with van der Waals surface area (Å²) in [4.78, 5) is 2.29. The quantitative estimate of drug-likeness (QED) is 0.800. The Morgan fingerprint density at radius 3 is 2.37 bits per heavy atom. The number of rotatable bonds is 6. The molecule has 1 aromatic carbocycles. The van der Waals surface area contributed by atoms with Crippen LogP contribution in [0, 0.1) is 0 Å². The highest BCUT2D eigenvalue weighted by Gasteiger charge is 2.09. The molecule has 1 rings (SSSR count). The van der Waals surface area contributed by atoms with Gasteiger partial charge in [-0.1, -0.05) is 34.6 Å². The SMILES string of the molecule is C=C(CNC(C)(C)C)CN(C)Cc1ccc(Br)cc1. The van der Waals surface area contributed by atoms with Crippen molar-refractivity contribution in [2.45, 2.75) is 32.9 Å². The Balaban J connectivity index is 2.36. The largest absolute Gasteiger partial charge is 0.308 e. The van der Waals surface area contributed by atoms with Crippen LogP contribution in [0.2, 0.25) is 0 Å². The standard InChI is InChI=1S/C16H25BrN2/c1-13(10-18-16(2,3)4)11-19(5)12-14-6-8-15(17)9-7-14/h6-9,18H,1,10-12H2,2-5H3. The van der Waals surface area contributed by atoms with Crippen molar-refractivity contribution < 1.29 is 0 Å². The number of hydrogen-bond donors (Lipinski definition) is 1. The zero-order valence-corrected chi connectivity index (χ0v) is 14.0. The number of hydrogen-bond acceptors (Lipinski definition) is 2. The molecule has 0 aromatic heterocycles. The molecule has 0 bridgehead atoms. The first-order chi connectivity index (χ1) is 8.76. The average Bonchev–Trinajstić information content (AvgIpc) is 2.29. The summed E-state index contributed by atoms with van der Waals surface area (Å²) in [5, 5.41) is 3.47. The molecule has 0 atom stereocenters. The second-order valence-corrected chi connectivity index (χ2v) is 7.07. The molecule has 0 unspecified atom stereocenters. The highest BCUT2D eigenvalue weighted by molar-refractivity contribution is 9.10. The predicted molar refractivity (Wildman–Crippen MR) is 87.4 cm³/mol. The van der Waals surface area contributed by atoms with E-state index in [9.17, 15) is 0 Å². The number of benzene rings is 1. The van der Waals surface area contributed by atoms with Crippen molar-refractivity contribution in [1.29, 1.82) is 0 Å². The van der Waals surface area contributed by atoms with E-state index in [1.807, 2.05) is 0 Å². The van der Waals surface area contributed by atoms with Crippen LogP contribution < -0.4 is 5.32 Å². The minimum atomic E-state index is 0.146. The van der Waals surface area contributed by atoms with Crippen molar-refractivity contribution in [3.8, 4) is 0 Å². The normalized spacial score (nSPS) is 11.9. The van der Waals surface area contributed by atoms with E-state index in [-0.39, 0.29) is 5.54 Å². The molecule has 0 heterocycles. The van der Waals surface area contributed by atoms with E-state index in [4.69, 9.17) is 0 Å². The summed E-state index contributed by atoms with van der Waals surface area (Å²) in [6.45, 7) is 13.4. The lowest BCUT2D eigenvalue weighted by Crippen LogP contribution is -2.38. The Bertz CT molecular complexity index is 404. The molecule has 1 aromatic rings. The van der Waals surface area contributed by atoms with Gasteiger partial charge >= 0.3 is 0 Å². The van der Waals surface area contributed by atoms with Crippen molar-refractivity contribution >= 4 is 15.9 Å². The van der Waals surface area contributed by atoms with Crippen molar-refractivity contribution in [2.24, 2.45) is 0 Å². The van der Waals surface area contributed by atoms with Crippen LogP contribution in [0.1, 0.15) is 26.3 Å². The highest BCUT2D eigenvalue weighted by Crippen LogP contribution is 2.12. The summed E-state index contributed by atoms with van der Waals surface area (Å²) in [7, 11) is 2.13. The third-order valence-corrected chi connectivity index (χ3v) is 3.26. The molecule has 1 N–H and O–H groups in total. The molecule has 0 saturated carbocycles. The molecule has 3 heteroatoms. The average molecular weight is 325 g/mol. The van der Waals surface area contributed by atoms with Crippen molar-refractivity contribution in [3.63, 3.8) is 0 Å². The first-order valence-electron chi connectivity index (χ1n) is 6.61. The minimum absolute atomic E-state index is 0.146. The number of nitrogens with one attached hydrogen (secondary N) is 1. The van der Waals surface area contributed by atoms with Gasteiger partial charge in [0.25, 0.3) is 0 Å². The Hall–Kier alpha value is -0.640. The van der Waals surface area contributed by atoms with E-state index in [0.29, 0.717) is 0 Å². The number of nitrogens with zero attached hydrogens (tertiary/aromatic N) is 1. The summed E-state index contributed by atoms with van der Waals surface area (Å²) in [5.74, 6) is 0. The molecule has 0 aliphatic carbocycles. The van der Waals surface area contributed by atoms with Crippen LogP contribution in [-0.2, 0) is 6.54 Å². The number of likely N-dealkylation sites (N-methyl/N-ethyl adjacent to an activating group) is 1. The van der Waals surface area contributed by atoms with Crippen LogP contribution in [-0.4, -0.2) is 30.6 Å². The molecule has 0 fully saturated rings. The van der Waals surface area contributed by atoms with Gasteiger partial charge in [0, 0.05) is 29.6 Å². The Morgan fingerprint density at radius 2 is 1.84 bits per heavy atom. The first-order valence-corrected chi connectivity index (χ1v) is 7.40. The summed E-state index contributed by atoms with van der Waals surface area (Å²) in [6.07, 6.45) is 0. The van der Waals surface area contributed by atoms with Crippen LogP contribution in [0.3, 0.4) is 0 Å². The Kier molecular flexibility index (Phi) is 6.24. The maximum Gasteiger partial charge on any atom is 0.0234 e. The van der Waals surface area contributed by atoms with Gasteiger partial charge in [-0.15, -0.1) is 0 Å². The number of halogens is 1. The van der Waals surface area contributed by atoms with E-state index in [2.05, 4.69) is 84.8 Å². The summed E-state index contributed by atoms with van der Waals surface area (Å²) in [5.41, 5.74) is 2.68. The van der Waals surface area contributed by atoms with E-state index < -0.39 is 0 Å². The lowest BCUT2D eigenvalue weighted by molar-refractivity contribution is 0.346. The van der Waals surface area contributed by atoms with Gasteiger partial charge in [0.1, 0.15) is 0 Å². The van der Waals surface area contributed by atoms with Crippen LogP contribution in [0.15, 0.2) is 40.9 Å². The van der Waals surface area contributed by atoms with Crippen molar-refractivity contribution in [1.82, 2.24) is 10.2 Å². The Morgan fingerprint density at radius 1 is 1.26 bits per heavy atom. The Labute approximate surface area is 126 Å². The van der Waals surface area contributed by atoms with E-state index in [1.165, 1.54) is 11.1 Å². The molecule has 0 aliphatic rings. The third kappa shape index (κ3) is 7.51. The molecule has 0 saturated heterocycles. The molecular formula is C16H25BrN2. The maximum atomic E-state index is 4.14. The van der Waals surface area contributed by atoms with Crippen LogP contribution in [0.4, 0.5) is 0 Å². The van der Waals surface area contributed by atoms with Gasteiger partial charge in [0.2, 0.25) is 0 Å². The fourth-order valence-corrected chi connectivity index (χ4v) is 2.05. The second-order valence-electron chi connectivity index (χ2n) is 6.15. The summed E-state index contributed by atoms with van der Waals surface area (Å²) < 4.78 is 1.12. The molecule has 106 valence electrons. The third-order valence-electron chi connectivity index (χ3n) is 2.73. The summed E-state index contributed by atoms with van der Waals surface area (Å²) >= 11 is 3.46. The van der Waals surface area contributed by atoms with Crippen molar-refractivity contribution in [2.75, 3.05) is 20.1 Å². The topological polar surface area (TPSA) is 15.3 Å². The van der Waals surface area contributed by atoms with Gasteiger partial charge in [-0.25, -0.2) is 0 Å². The fourth-order valence-electron chi connectivity index (χ4n) is 1.79. The van der Waals surface area contributed by atoms with E-state index in [0.717, 1.165) is 24.1 Å². The fraction of sp³-hybridized carbons (Fsp3) is 0.500. The zero-order valence-electron chi connectivity index (χ0n) is 12.5. The molecule has 0 amide bonds. The molecule has 0 radical (unpaired) electrons. The van der Waals surface area contributed by atoms with Gasteiger partial charge in [-0.05, 0) is 51.1 Å². The lowest BCUT2D eigenvalue weighted by atomic mass is 10.1. The highest BCUT2D eigenvalue weighted by atomic mass is 79.9. The molecule has 19 heavy (non-hydrogen) atoms. The monoisotopic (exact) mass is 324 g/mol.